The number of rotatable bonds is 5. The van der Waals surface area contributed by atoms with Gasteiger partial charge in [-0.05, 0) is 48.5 Å². The van der Waals surface area contributed by atoms with Gasteiger partial charge in [0.1, 0.15) is 23.0 Å². The Balaban J connectivity index is 1.65. The zero-order valence-electron chi connectivity index (χ0n) is 14.3. The second-order valence-electron chi connectivity index (χ2n) is 5.92. The van der Waals surface area contributed by atoms with Crippen LogP contribution >= 0.6 is 0 Å². The van der Waals surface area contributed by atoms with Crippen LogP contribution < -0.4 is 4.74 Å². The van der Waals surface area contributed by atoms with Crippen LogP contribution in [0.1, 0.15) is 5.56 Å². The lowest BCUT2D eigenvalue weighted by atomic mass is 10.0. The first-order chi connectivity index (χ1) is 13.3. The van der Waals surface area contributed by atoms with Crippen molar-refractivity contribution in [1.82, 2.24) is 5.16 Å². The Labute approximate surface area is 155 Å². The van der Waals surface area contributed by atoms with E-state index < -0.39 is 5.82 Å². The van der Waals surface area contributed by atoms with Crippen molar-refractivity contribution in [1.29, 1.82) is 0 Å². The van der Waals surface area contributed by atoms with Crippen molar-refractivity contribution >= 4 is 0 Å². The van der Waals surface area contributed by atoms with E-state index in [-0.39, 0.29) is 17.9 Å². The molecule has 0 spiro atoms. The van der Waals surface area contributed by atoms with E-state index in [1.54, 1.807) is 30.3 Å². The summed E-state index contributed by atoms with van der Waals surface area (Å²) in [7, 11) is 0. The number of halogens is 1. The van der Waals surface area contributed by atoms with E-state index in [1.807, 2.05) is 42.5 Å². The summed E-state index contributed by atoms with van der Waals surface area (Å²) < 4.78 is 25.2. The lowest BCUT2D eigenvalue weighted by molar-refractivity contribution is 0.281. The van der Waals surface area contributed by atoms with Gasteiger partial charge in [0.05, 0.1) is 17.7 Å². The van der Waals surface area contributed by atoms with Crippen LogP contribution in [-0.4, -0.2) is 10.3 Å². The first-order valence-corrected chi connectivity index (χ1v) is 8.44. The molecule has 0 unspecified atom stereocenters. The zero-order chi connectivity index (χ0) is 18.6. The predicted molar refractivity (Wildman–Crippen MR) is 99.8 cm³/mol. The SMILES string of the molecule is OCc1c(-c2ccc(Oc3ccccc3)cc2)noc1-c1ccccc1F. The van der Waals surface area contributed by atoms with Crippen molar-refractivity contribution < 1.29 is 18.8 Å². The van der Waals surface area contributed by atoms with Gasteiger partial charge in [-0.3, -0.25) is 0 Å². The van der Waals surface area contributed by atoms with Gasteiger partial charge in [0, 0.05) is 5.56 Å². The van der Waals surface area contributed by atoms with Crippen molar-refractivity contribution in [2.75, 3.05) is 0 Å². The number of aromatic nitrogens is 1. The molecule has 0 saturated heterocycles. The third kappa shape index (κ3) is 3.45. The van der Waals surface area contributed by atoms with E-state index in [9.17, 15) is 9.50 Å². The van der Waals surface area contributed by atoms with E-state index in [1.165, 1.54) is 6.07 Å². The topological polar surface area (TPSA) is 55.5 Å². The molecule has 0 saturated carbocycles. The van der Waals surface area contributed by atoms with E-state index >= 15 is 0 Å². The molecule has 1 heterocycles. The first-order valence-electron chi connectivity index (χ1n) is 8.44. The van der Waals surface area contributed by atoms with Crippen LogP contribution in [0, 0.1) is 5.82 Å². The summed E-state index contributed by atoms with van der Waals surface area (Å²) in [5.41, 5.74) is 1.92. The number of ether oxygens (including phenoxy) is 1. The molecule has 4 aromatic rings. The molecule has 27 heavy (non-hydrogen) atoms. The Morgan fingerprint density at radius 3 is 2.22 bits per heavy atom. The smallest absolute Gasteiger partial charge is 0.175 e. The van der Waals surface area contributed by atoms with Gasteiger partial charge in [-0.25, -0.2) is 4.39 Å². The van der Waals surface area contributed by atoms with E-state index in [4.69, 9.17) is 9.26 Å². The van der Waals surface area contributed by atoms with Crippen LogP contribution in [0.2, 0.25) is 0 Å². The monoisotopic (exact) mass is 361 g/mol. The highest BCUT2D eigenvalue weighted by Crippen LogP contribution is 2.34. The summed E-state index contributed by atoms with van der Waals surface area (Å²) in [6.07, 6.45) is 0. The molecule has 4 rings (SSSR count). The van der Waals surface area contributed by atoms with Crippen LogP contribution in [-0.2, 0) is 6.61 Å². The lowest BCUT2D eigenvalue weighted by Crippen LogP contribution is -1.91. The van der Waals surface area contributed by atoms with Gasteiger partial charge in [-0.1, -0.05) is 35.5 Å². The maximum Gasteiger partial charge on any atom is 0.175 e. The molecule has 1 N–H and O–H groups in total. The molecule has 0 aliphatic carbocycles. The quantitative estimate of drug-likeness (QED) is 0.515. The molecule has 134 valence electrons. The van der Waals surface area contributed by atoms with Crippen LogP contribution in [0.25, 0.3) is 22.6 Å². The van der Waals surface area contributed by atoms with Crippen LogP contribution in [0.3, 0.4) is 0 Å². The minimum atomic E-state index is -0.429. The number of aliphatic hydroxyl groups excluding tert-OH is 1. The molecule has 0 aliphatic heterocycles. The minimum Gasteiger partial charge on any atom is -0.457 e. The molecule has 0 atom stereocenters. The lowest BCUT2D eigenvalue weighted by Gasteiger charge is -2.06. The molecule has 4 nitrogen and oxygen atoms in total. The van der Waals surface area contributed by atoms with Crippen LogP contribution in [0.15, 0.2) is 83.4 Å². The number of hydrogen-bond acceptors (Lipinski definition) is 4. The van der Waals surface area contributed by atoms with Gasteiger partial charge in [0.2, 0.25) is 0 Å². The first kappa shape index (κ1) is 17.0. The molecule has 3 aromatic carbocycles. The minimum absolute atomic E-state index is 0.232. The largest absolute Gasteiger partial charge is 0.457 e. The maximum absolute atomic E-state index is 14.1. The molecule has 5 heteroatoms. The van der Waals surface area contributed by atoms with Gasteiger partial charge in [-0.2, -0.15) is 0 Å². The standard InChI is InChI=1S/C22H16FNO3/c23-20-9-5-4-8-18(20)22-19(14-25)21(24-27-22)15-10-12-17(13-11-15)26-16-6-2-1-3-7-16/h1-13,25H,14H2. The van der Waals surface area contributed by atoms with Crippen molar-refractivity contribution in [3.8, 4) is 34.1 Å². The van der Waals surface area contributed by atoms with Crippen molar-refractivity contribution in [3.05, 3.63) is 90.2 Å². The fourth-order valence-corrected chi connectivity index (χ4v) is 2.85. The Morgan fingerprint density at radius 1 is 0.852 bits per heavy atom. The second kappa shape index (κ2) is 7.43. The Kier molecular flexibility index (Phi) is 4.68. The average Bonchev–Trinajstić information content (AvgIpc) is 3.13. The number of nitrogens with zero attached hydrogens (tertiary/aromatic N) is 1. The number of para-hydroxylation sites is 1. The third-order valence-electron chi connectivity index (χ3n) is 4.17. The molecule has 0 radical (unpaired) electrons. The molecular formula is C22H16FNO3. The third-order valence-corrected chi connectivity index (χ3v) is 4.17. The summed E-state index contributed by atoms with van der Waals surface area (Å²) in [6, 6.07) is 23.0. The molecule has 0 amide bonds. The normalized spacial score (nSPS) is 10.7. The van der Waals surface area contributed by atoms with E-state index in [0.29, 0.717) is 17.0 Å². The fraction of sp³-hybridized carbons (Fsp3) is 0.0455. The Hall–Kier alpha value is -3.44. The highest BCUT2D eigenvalue weighted by molar-refractivity contribution is 5.73. The number of hydrogen-bond donors (Lipinski definition) is 1. The van der Waals surface area contributed by atoms with Crippen molar-refractivity contribution in [3.63, 3.8) is 0 Å². The maximum atomic E-state index is 14.1. The second-order valence-corrected chi connectivity index (χ2v) is 5.92. The molecule has 0 aliphatic rings. The summed E-state index contributed by atoms with van der Waals surface area (Å²) in [6.45, 7) is -0.315. The van der Waals surface area contributed by atoms with Gasteiger partial charge in [0.15, 0.2) is 5.76 Å². The zero-order valence-corrected chi connectivity index (χ0v) is 14.3. The Bertz CT molecular complexity index is 1040. The fourth-order valence-electron chi connectivity index (χ4n) is 2.85. The highest BCUT2D eigenvalue weighted by atomic mass is 19.1. The number of benzene rings is 3. The van der Waals surface area contributed by atoms with Crippen LogP contribution in [0.4, 0.5) is 4.39 Å². The summed E-state index contributed by atoms with van der Waals surface area (Å²) >= 11 is 0. The number of aliphatic hydroxyl groups is 1. The molecule has 0 bridgehead atoms. The van der Waals surface area contributed by atoms with E-state index in [0.717, 1.165) is 11.3 Å². The molecule has 0 fully saturated rings. The van der Waals surface area contributed by atoms with Gasteiger partial charge >= 0.3 is 0 Å². The Morgan fingerprint density at radius 2 is 1.52 bits per heavy atom. The van der Waals surface area contributed by atoms with Crippen molar-refractivity contribution in [2.45, 2.75) is 6.61 Å². The van der Waals surface area contributed by atoms with Crippen molar-refractivity contribution in [2.24, 2.45) is 0 Å². The van der Waals surface area contributed by atoms with Gasteiger partial charge in [-0.15, -0.1) is 0 Å². The van der Waals surface area contributed by atoms with Gasteiger partial charge in [0.25, 0.3) is 0 Å². The average molecular weight is 361 g/mol. The summed E-state index contributed by atoms with van der Waals surface area (Å²) in [4.78, 5) is 0. The van der Waals surface area contributed by atoms with Gasteiger partial charge < -0.3 is 14.4 Å². The molecular weight excluding hydrogens is 345 g/mol. The molecule has 1 aromatic heterocycles. The van der Waals surface area contributed by atoms with E-state index in [2.05, 4.69) is 5.16 Å². The predicted octanol–water partition coefficient (Wildman–Crippen LogP) is 5.43. The van der Waals surface area contributed by atoms with Crippen LogP contribution in [0.5, 0.6) is 11.5 Å². The summed E-state index contributed by atoms with van der Waals surface area (Å²) in [5.74, 6) is 1.22. The highest BCUT2D eigenvalue weighted by Gasteiger charge is 2.20. The summed E-state index contributed by atoms with van der Waals surface area (Å²) in [5, 5.41) is 13.8.